The van der Waals surface area contributed by atoms with E-state index in [1.165, 1.54) is 28.7 Å². The quantitative estimate of drug-likeness (QED) is 0.750. The molecule has 0 saturated carbocycles. The minimum Gasteiger partial charge on any atom is -0.380 e. The average molecular weight is 240 g/mol. The van der Waals surface area contributed by atoms with Crippen LogP contribution in [0.1, 0.15) is 24.5 Å². The molecule has 0 spiro atoms. The maximum atomic E-state index is 5.17. The Bertz CT molecular complexity index is 485. The number of hydrogen-bond donors (Lipinski definition) is 0. The van der Waals surface area contributed by atoms with Crippen molar-refractivity contribution in [2.75, 3.05) is 7.11 Å². The fourth-order valence-electron chi connectivity index (χ4n) is 2.16. The number of aryl methyl sites for hydroxylation is 1. The van der Waals surface area contributed by atoms with Crippen molar-refractivity contribution in [3.63, 3.8) is 0 Å². The fraction of sp³-hybridized carbons (Fsp3) is 0.294. The highest BCUT2D eigenvalue weighted by Gasteiger charge is 1.99. The van der Waals surface area contributed by atoms with Gasteiger partial charge in [-0.15, -0.1) is 0 Å². The van der Waals surface area contributed by atoms with Gasteiger partial charge in [0.1, 0.15) is 0 Å². The predicted molar refractivity (Wildman–Crippen MR) is 76.6 cm³/mol. The average Bonchev–Trinajstić information content (AvgIpc) is 2.41. The van der Waals surface area contributed by atoms with E-state index in [2.05, 4.69) is 55.5 Å². The number of rotatable bonds is 5. The summed E-state index contributed by atoms with van der Waals surface area (Å²) in [4.78, 5) is 0. The maximum Gasteiger partial charge on any atom is 0.0713 e. The Morgan fingerprint density at radius 2 is 1.67 bits per heavy atom. The van der Waals surface area contributed by atoms with E-state index in [0.717, 1.165) is 6.42 Å². The molecule has 94 valence electrons. The van der Waals surface area contributed by atoms with Gasteiger partial charge in [-0.2, -0.15) is 0 Å². The van der Waals surface area contributed by atoms with Gasteiger partial charge in [-0.25, -0.2) is 0 Å². The summed E-state index contributed by atoms with van der Waals surface area (Å²) in [5, 5.41) is 0. The first kappa shape index (κ1) is 12.8. The Labute approximate surface area is 109 Å². The molecule has 0 aromatic heterocycles. The Morgan fingerprint density at radius 3 is 2.33 bits per heavy atom. The van der Waals surface area contributed by atoms with Gasteiger partial charge in [0.2, 0.25) is 0 Å². The van der Waals surface area contributed by atoms with Crippen LogP contribution in [-0.2, 0) is 17.8 Å². The molecule has 0 unspecified atom stereocenters. The Morgan fingerprint density at radius 1 is 0.889 bits per heavy atom. The van der Waals surface area contributed by atoms with E-state index >= 15 is 0 Å². The molecule has 2 aromatic carbocycles. The highest BCUT2D eigenvalue weighted by atomic mass is 16.5. The van der Waals surface area contributed by atoms with Crippen LogP contribution in [0, 0.1) is 0 Å². The lowest BCUT2D eigenvalue weighted by Crippen LogP contribution is -1.88. The van der Waals surface area contributed by atoms with Gasteiger partial charge in [-0.05, 0) is 34.7 Å². The van der Waals surface area contributed by atoms with E-state index in [1.54, 1.807) is 7.11 Å². The summed E-state index contributed by atoms with van der Waals surface area (Å²) in [6, 6.07) is 17.4. The van der Waals surface area contributed by atoms with Gasteiger partial charge in [-0.3, -0.25) is 0 Å². The normalized spacial score (nSPS) is 10.6. The largest absolute Gasteiger partial charge is 0.380 e. The molecular weight excluding hydrogens is 220 g/mol. The second-order valence-electron chi connectivity index (χ2n) is 4.58. The maximum absolute atomic E-state index is 5.17. The number of methoxy groups -OCH3 is 1. The third kappa shape index (κ3) is 3.21. The van der Waals surface area contributed by atoms with Crippen molar-refractivity contribution in [1.29, 1.82) is 0 Å². The topological polar surface area (TPSA) is 9.23 Å². The van der Waals surface area contributed by atoms with E-state index in [-0.39, 0.29) is 0 Å². The molecule has 2 aromatic rings. The standard InChI is InChI=1S/C17H20O/c1-3-5-14-8-10-16(11-9-14)17-7-4-6-15(12-17)13-18-2/h4,6-12H,3,5,13H2,1-2H3. The summed E-state index contributed by atoms with van der Waals surface area (Å²) in [5.41, 5.74) is 5.15. The molecule has 0 aliphatic rings. The molecule has 0 aliphatic heterocycles. The van der Waals surface area contributed by atoms with Crippen LogP contribution in [0.4, 0.5) is 0 Å². The van der Waals surface area contributed by atoms with Crippen LogP contribution in [-0.4, -0.2) is 7.11 Å². The van der Waals surface area contributed by atoms with E-state index in [9.17, 15) is 0 Å². The first-order valence-electron chi connectivity index (χ1n) is 6.50. The van der Waals surface area contributed by atoms with Gasteiger partial charge in [0, 0.05) is 7.11 Å². The van der Waals surface area contributed by atoms with E-state index in [1.807, 2.05) is 0 Å². The molecule has 1 heteroatoms. The first-order chi connectivity index (χ1) is 8.83. The summed E-state index contributed by atoms with van der Waals surface area (Å²) < 4.78 is 5.17. The smallest absolute Gasteiger partial charge is 0.0713 e. The molecule has 0 atom stereocenters. The van der Waals surface area contributed by atoms with Crippen LogP contribution in [0.15, 0.2) is 48.5 Å². The second-order valence-corrected chi connectivity index (χ2v) is 4.58. The molecule has 0 amide bonds. The van der Waals surface area contributed by atoms with E-state index in [4.69, 9.17) is 4.74 Å². The highest BCUT2D eigenvalue weighted by molar-refractivity contribution is 5.64. The molecule has 0 saturated heterocycles. The molecule has 0 N–H and O–H groups in total. The summed E-state index contributed by atoms with van der Waals surface area (Å²) in [7, 11) is 1.73. The van der Waals surface area contributed by atoms with Gasteiger partial charge in [-0.1, -0.05) is 55.8 Å². The molecular formula is C17H20O. The third-order valence-electron chi connectivity index (χ3n) is 3.06. The first-order valence-corrected chi connectivity index (χ1v) is 6.50. The predicted octanol–water partition coefficient (Wildman–Crippen LogP) is 4.45. The third-order valence-corrected chi connectivity index (χ3v) is 3.06. The van der Waals surface area contributed by atoms with Crippen molar-refractivity contribution in [2.24, 2.45) is 0 Å². The Kier molecular flexibility index (Phi) is 4.54. The summed E-state index contributed by atoms with van der Waals surface area (Å²) >= 11 is 0. The van der Waals surface area contributed by atoms with E-state index < -0.39 is 0 Å². The highest BCUT2D eigenvalue weighted by Crippen LogP contribution is 2.21. The zero-order valence-corrected chi connectivity index (χ0v) is 11.1. The van der Waals surface area contributed by atoms with Crippen molar-refractivity contribution in [2.45, 2.75) is 26.4 Å². The van der Waals surface area contributed by atoms with Crippen LogP contribution in [0.3, 0.4) is 0 Å². The SMILES string of the molecule is CCCc1ccc(-c2cccc(COC)c2)cc1. The fourth-order valence-corrected chi connectivity index (χ4v) is 2.16. The van der Waals surface area contributed by atoms with Crippen LogP contribution < -0.4 is 0 Å². The molecule has 1 nitrogen and oxygen atoms in total. The summed E-state index contributed by atoms with van der Waals surface area (Å²) in [6.45, 7) is 2.88. The van der Waals surface area contributed by atoms with Crippen LogP contribution in [0.2, 0.25) is 0 Å². The van der Waals surface area contributed by atoms with Crippen molar-refractivity contribution in [3.05, 3.63) is 59.7 Å². The van der Waals surface area contributed by atoms with Gasteiger partial charge < -0.3 is 4.74 Å². The number of ether oxygens (including phenoxy) is 1. The molecule has 0 aliphatic carbocycles. The zero-order valence-electron chi connectivity index (χ0n) is 11.1. The van der Waals surface area contributed by atoms with E-state index in [0.29, 0.717) is 6.61 Å². The molecule has 18 heavy (non-hydrogen) atoms. The van der Waals surface area contributed by atoms with Crippen molar-refractivity contribution >= 4 is 0 Å². The second kappa shape index (κ2) is 6.36. The molecule has 0 bridgehead atoms. The number of benzene rings is 2. The molecule has 0 radical (unpaired) electrons. The molecule has 0 heterocycles. The van der Waals surface area contributed by atoms with Crippen molar-refractivity contribution < 1.29 is 4.74 Å². The van der Waals surface area contributed by atoms with Crippen molar-refractivity contribution in [3.8, 4) is 11.1 Å². The van der Waals surface area contributed by atoms with Crippen LogP contribution in [0.5, 0.6) is 0 Å². The van der Waals surface area contributed by atoms with Crippen molar-refractivity contribution in [1.82, 2.24) is 0 Å². The number of hydrogen-bond acceptors (Lipinski definition) is 1. The summed E-state index contributed by atoms with van der Waals surface area (Å²) in [6.07, 6.45) is 2.35. The van der Waals surface area contributed by atoms with Gasteiger partial charge in [0.05, 0.1) is 6.61 Å². The Hall–Kier alpha value is -1.60. The lowest BCUT2D eigenvalue weighted by atomic mass is 10.0. The van der Waals surface area contributed by atoms with Crippen LogP contribution in [0.25, 0.3) is 11.1 Å². The minimum atomic E-state index is 0.668. The monoisotopic (exact) mass is 240 g/mol. The molecule has 2 rings (SSSR count). The van der Waals surface area contributed by atoms with Gasteiger partial charge >= 0.3 is 0 Å². The van der Waals surface area contributed by atoms with Gasteiger partial charge in [0.15, 0.2) is 0 Å². The Balaban J connectivity index is 2.22. The summed E-state index contributed by atoms with van der Waals surface area (Å²) in [5.74, 6) is 0. The molecule has 0 fully saturated rings. The van der Waals surface area contributed by atoms with Gasteiger partial charge in [0.25, 0.3) is 0 Å². The lowest BCUT2D eigenvalue weighted by Gasteiger charge is -2.06. The minimum absolute atomic E-state index is 0.668. The lowest BCUT2D eigenvalue weighted by molar-refractivity contribution is 0.185. The zero-order chi connectivity index (χ0) is 12.8. The van der Waals surface area contributed by atoms with Crippen LogP contribution >= 0.6 is 0 Å².